The molecule has 0 amide bonds. The number of aromatic carboxylic acids is 1. The van der Waals surface area contributed by atoms with Crippen molar-refractivity contribution in [3.8, 4) is 0 Å². The van der Waals surface area contributed by atoms with Crippen molar-refractivity contribution in [2.45, 2.75) is 26.8 Å². The van der Waals surface area contributed by atoms with Crippen LogP contribution in [0.1, 0.15) is 33.5 Å². The van der Waals surface area contributed by atoms with Crippen molar-refractivity contribution in [2.75, 3.05) is 13.6 Å². The van der Waals surface area contributed by atoms with E-state index >= 15 is 0 Å². The molecule has 1 rings (SSSR count). The van der Waals surface area contributed by atoms with Crippen molar-refractivity contribution in [1.29, 1.82) is 0 Å². The highest BCUT2D eigenvalue weighted by Crippen LogP contribution is 2.22. The molecule has 15 heavy (non-hydrogen) atoms. The molecule has 0 bridgehead atoms. The molecule has 0 aliphatic carbocycles. The van der Waals surface area contributed by atoms with E-state index in [0.29, 0.717) is 4.88 Å². The molecule has 1 aromatic rings. The highest BCUT2D eigenvalue weighted by molar-refractivity contribution is 7.14. The summed E-state index contributed by atoms with van der Waals surface area (Å²) < 4.78 is 0. The lowest BCUT2D eigenvalue weighted by Gasteiger charge is -2.14. The van der Waals surface area contributed by atoms with Crippen molar-refractivity contribution < 1.29 is 9.90 Å². The number of thiophene rings is 1. The maximum Gasteiger partial charge on any atom is 0.345 e. The standard InChI is InChI=1S/C11H17NO2S/c1-4-5-12(3)7-9-6-10(11(13)14)15-8(9)2/h6H,4-5,7H2,1-3H3,(H,13,14). The van der Waals surface area contributed by atoms with Gasteiger partial charge in [-0.3, -0.25) is 0 Å². The molecular weight excluding hydrogens is 210 g/mol. The summed E-state index contributed by atoms with van der Waals surface area (Å²) in [6.45, 7) is 5.99. The number of rotatable bonds is 5. The van der Waals surface area contributed by atoms with Crippen molar-refractivity contribution >= 4 is 17.3 Å². The summed E-state index contributed by atoms with van der Waals surface area (Å²) in [6, 6.07) is 1.79. The second-order valence-electron chi connectivity index (χ2n) is 3.74. The van der Waals surface area contributed by atoms with Crippen LogP contribution in [0.5, 0.6) is 0 Å². The topological polar surface area (TPSA) is 40.5 Å². The van der Waals surface area contributed by atoms with Crippen LogP contribution in [0.4, 0.5) is 0 Å². The molecule has 4 heteroatoms. The van der Waals surface area contributed by atoms with E-state index in [2.05, 4.69) is 18.9 Å². The van der Waals surface area contributed by atoms with Gasteiger partial charge in [-0.15, -0.1) is 11.3 Å². The minimum absolute atomic E-state index is 0.437. The Morgan fingerprint density at radius 2 is 2.27 bits per heavy atom. The van der Waals surface area contributed by atoms with Crippen LogP contribution in [0.2, 0.25) is 0 Å². The second kappa shape index (κ2) is 5.28. The predicted octanol–water partition coefficient (Wildman–Crippen LogP) is 2.60. The van der Waals surface area contributed by atoms with E-state index in [0.717, 1.165) is 30.0 Å². The lowest BCUT2D eigenvalue weighted by Crippen LogP contribution is -2.18. The van der Waals surface area contributed by atoms with Crippen molar-refractivity contribution in [1.82, 2.24) is 4.90 Å². The van der Waals surface area contributed by atoms with Crippen LogP contribution in [0.15, 0.2) is 6.07 Å². The molecule has 1 aromatic heterocycles. The first-order valence-corrected chi connectivity index (χ1v) is 5.87. The highest BCUT2D eigenvalue weighted by atomic mass is 32.1. The van der Waals surface area contributed by atoms with E-state index in [-0.39, 0.29) is 0 Å². The normalized spacial score (nSPS) is 10.9. The zero-order chi connectivity index (χ0) is 11.4. The minimum Gasteiger partial charge on any atom is -0.477 e. The molecule has 0 aromatic carbocycles. The first-order valence-electron chi connectivity index (χ1n) is 5.05. The van der Waals surface area contributed by atoms with E-state index in [4.69, 9.17) is 5.11 Å². The largest absolute Gasteiger partial charge is 0.477 e. The Kier molecular flexibility index (Phi) is 4.29. The number of carboxylic acids is 1. The van der Waals surface area contributed by atoms with E-state index in [1.807, 2.05) is 6.92 Å². The Morgan fingerprint density at radius 1 is 1.60 bits per heavy atom. The first kappa shape index (κ1) is 12.2. The molecule has 0 saturated carbocycles. The first-order chi connectivity index (χ1) is 7.04. The molecule has 0 aliphatic heterocycles. The van der Waals surface area contributed by atoms with Gasteiger partial charge in [0, 0.05) is 11.4 Å². The number of nitrogens with zero attached hydrogens (tertiary/aromatic N) is 1. The van der Waals surface area contributed by atoms with E-state index < -0.39 is 5.97 Å². The fraction of sp³-hybridized carbons (Fsp3) is 0.545. The molecule has 1 N–H and O–H groups in total. The van der Waals surface area contributed by atoms with Gasteiger partial charge in [-0.2, -0.15) is 0 Å². The van der Waals surface area contributed by atoms with Gasteiger partial charge in [0.25, 0.3) is 0 Å². The number of hydrogen-bond acceptors (Lipinski definition) is 3. The second-order valence-corrected chi connectivity index (χ2v) is 4.99. The van der Waals surface area contributed by atoms with Gasteiger partial charge in [-0.05, 0) is 38.6 Å². The molecule has 0 radical (unpaired) electrons. The molecule has 0 fully saturated rings. The van der Waals surface area contributed by atoms with Crippen LogP contribution in [-0.2, 0) is 6.54 Å². The number of hydrogen-bond donors (Lipinski definition) is 1. The van der Waals surface area contributed by atoms with Gasteiger partial charge in [0.1, 0.15) is 4.88 Å². The SMILES string of the molecule is CCCN(C)Cc1cc(C(=O)O)sc1C. The summed E-state index contributed by atoms with van der Waals surface area (Å²) >= 11 is 1.36. The summed E-state index contributed by atoms with van der Waals surface area (Å²) in [5.41, 5.74) is 1.13. The maximum absolute atomic E-state index is 10.8. The smallest absolute Gasteiger partial charge is 0.345 e. The Morgan fingerprint density at radius 3 is 2.73 bits per heavy atom. The number of carbonyl (C=O) groups is 1. The molecule has 1 heterocycles. The third-order valence-corrected chi connectivity index (χ3v) is 3.36. The third kappa shape index (κ3) is 3.32. The Balaban J connectivity index is 2.72. The van der Waals surface area contributed by atoms with Crippen LogP contribution in [0, 0.1) is 6.92 Å². The summed E-state index contributed by atoms with van der Waals surface area (Å²) in [4.78, 5) is 14.5. The minimum atomic E-state index is -0.826. The van der Waals surface area contributed by atoms with Crippen LogP contribution in [-0.4, -0.2) is 29.6 Å². The van der Waals surface area contributed by atoms with Crippen LogP contribution in [0.3, 0.4) is 0 Å². The molecule has 0 atom stereocenters. The molecule has 3 nitrogen and oxygen atoms in total. The fourth-order valence-corrected chi connectivity index (χ4v) is 2.41. The molecule has 0 aliphatic rings. The number of carboxylic acid groups (broad SMARTS) is 1. The van der Waals surface area contributed by atoms with Crippen LogP contribution >= 0.6 is 11.3 Å². The third-order valence-electron chi connectivity index (χ3n) is 2.28. The van der Waals surface area contributed by atoms with Crippen LogP contribution in [0.25, 0.3) is 0 Å². The molecular formula is C11H17NO2S. The lowest BCUT2D eigenvalue weighted by molar-refractivity contribution is 0.0702. The molecule has 84 valence electrons. The maximum atomic E-state index is 10.8. The summed E-state index contributed by atoms with van der Waals surface area (Å²) in [7, 11) is 2.06. The van der Waals surface area contributed by atoms with Gasteiger partial charge in [0.15, 0.2) is 0 Å². The van der Waals surface area contributed by atoms with Gasteiger partial charge in [-0.25, -0.2) is 4.79 Å². The average Bonchev–Trinajstić information content (AvgIpc) is 2.48. The van der Waals surface area contributed by atoms with Crippen molar-refractivity contribution in [3.63, 3.8) is 0 Å². The van der Waals surface area contributed by atoms with Crippen molar-refractivity contribution in [2.24, 2.45) is 0 Å². The Labute approximate surface area is 94.3 Å². The van der Waals surface area contributed by atoms with E-state index in [1.165, 1.54) is 11.3 Å². The highest BCUT2D eigenvalue weighted by Gasteiger charge is 2.11. The van der Waals surface area contributed by atoms with Gasteiger partial charge >= 0.3 is 5.97 Å². The molecule has 0 unspecified atom stereocenters. The fourth-order valence-electron chi connectivity index (χ4n) is 1.53. The van der Waals surface area contributed by atoms with Crippen molar-refractivity contribution in [3.05, 3.63) is 21.4 Å². The Bertz CT molecular complexity index is 346. The van der Waals surface area contributed by atoms with E-state index in [9.17, 15) is 4.79 Å². The molecule has 0 saturated heterocycles. The lowest BCUT2D eigenvalue weighted by atomic mass is 10.2. The monoisotopic (exact) mass is 227 g/mol. The van der Waals surface area contributed by atoms with Gasteiger partial charge in [0.2, 0.25) is 0 Å². The number of aryl methyl sites for hydroxylation is 1. The summed E-state index contributed by atoms with van der Waals surface area (Å²) in [5, 5.41) is 8.86. The molecule has 0 spiro atoms. The van der Waals surface area contributed by atoms with Crippen LogP contribution < -0.4 is 0 Å². The summed E-state index contributed by atoms with van der Waals surface area (Å²) in [6.07, 6.45) is 1.12. The summed E-state index contributed by atoms with van der Waals surface area (Å²) in [5.74, 6) is -0.826. The van der Waals surface area contributed by atoms with Gasteiger partial charge in [-0.1, -0.05) is 6.92 Å². The Hall–Kier alpha value is -0.870. The van der Waals surface area contributed by atoms with Gasteiger partial charge < -0.3 is 10.0 Å². The van der Waals surface area contributed by atoms with E-state index in [1.54, 1.807) is 6.07 Å². The predicted molar refractivity (Wildman–Crippen MR) is 62.6 cm³/mol. The van der Waals surface area contributed by atoms with Gasteiger partial charge in [0.05, 0.1) is 0 Å². The quantitative estimate of drug-likeness (QED) is 0.840. The zero-order valence-electron chi connectivity index (χ0n) is 9.41. The zero-order valence-corrected chi connectivity index (χ0v) is 10.2. The average molecular weight is 227 g/mol.